The average molecular weight is 342 g/mol. The molecule has 1 unspecified atom stereocenters. The summed E-state index contributed by atoms with van der Waals surface area (Å²) in [6.45, 7) is 2.89. The number of likely N-dealkylation sites (N-methyl/N-ethyl adjacent to an activating group) is 1. The molecule has 1 atom stereocenters. The first kappa shape index (κ1) is 16.7. The number of carbonyl (C=O) groups is 2. The highest BCUT2D eigenvalue weighted by atomic mass is 79.9. The number of halogens is 1. The Kier molecular flexibility index (Phi) is 7.25. The van der Waals surface area contributed by atoms with Gasteiger partial charge in [0.15, 0.2) is 0 Å². The van der Waals surface area contributed by atoms with Crippen LogP contribution in [-0.4, -0.2) is 38.0 Å². The van der Waals surface area contributed by atoms with Crippen LogP contribution in [0.5, 0.6) is 0 Å². The number of carbonyl (C=O) groups excluding carboxylic acids is 2. The van der Waals surface area contributed by atoms with Crippen molar-refractivity contribution >= 4 is 27.7 Å². The number of amides is 2. The molecule has 1 aromatic carbocycles. The van der Waals surface area contributed by atoms with Crippen LogP contribution in [0.2, 0.25) is 0 Å². The van der Waals surface area contributed by atoms with Gasteiger partial charge in [-0.15, -0.1) is 0 Å². The summed E-state index contributed by atoms with van der Waals surface area (Å²) in [5.41, 5.74) is 0.581. The van der Waals surface area contributed by atoms with Crippen LogP contribution in [0.25, 0.3) is 0 Å². The van der Waals surface area contributed by atoms with Gasteiger partial charge < -0.3 is 16.0 Å². The SMILES string of the molecule is CNC(C)CNC(=O)CCNC(=O)c1ccc(Br)cc1. The average Bonchev–Trinajstić information content (AvgIpc) is 2.45. The third-order valence-electron chi connectivity index (χ3n) is 2.84. The topological polar surface area (TPSA) is 70.2 Å². The van der Waals surface area contributed by atoms with Crippen LogP contribution in [0, 0.1) is 0 Å². The Morgan fingerprint density at radius 3 is 2.45 bits per heavy atom. The maximum atomic E-state index is 11.8. The van der Waals surface area contributed by atoms with E-state index in [2.05, 4.69) is 31.9 Å². The second-order valence-electron chi connectivity index (χ2n) is 4.51. The molecule has 0 spiro atoms. The molecule has 2 amide bonds. The maximum Gasteiger partial charge on any atom is 0.251 e. The third-order valence-corrected chi connectivity index (χ3v) is 3.37. The van der Waals surface area contributed by atoms with Gasteiger partial charge in [-0.05, 0) is 38.2 Å². The predicted molar refractivity (Wildman–Crippen MR) is 82.6 cm³/mol. The molecule has 0 heterocycles. The largest absolute Gasteiger partial charge is 0.354 e. The summed E-state index contributed by atoms with van der Waals surface area (Å²) in [7, 11) is 1.84. The fraction of sp³-hybridized carbons (Fsp3) is 0.429. The van der Waals surface area contributed by atoms with Gasteiger partial charge in [0.25, 0.3) is 5.91 Å². The van der Waals surface area contributed by atoms with Gasteiger partial charge in [-0.3, -0.25) is 9.59 Å². The molecule has 0 bridgehead atoms. The van der Waals surface area contributed by atoms with Crippen molar-refractivity contribution in [1.29, 1.82) is 0 Å². The van der Waals surface area contributed by atoms with Crippen molar-refractivity contribution in [1.82, 2.24) is 16.0 Å². The summed E-state index contributed by atoms with van der Waals surface area (Å²) in [4.78, 5) is 23.3. The fourth-order valence-corrected chi connectivity index (χ4v) is 1.71. The first-order chi connectivity index (χ1) is 9.52. The van der Waals surface area contributed by atoms with Gasteiger partial charge in [-0.1, -0.05) is 15.9 Å². The molecule has 3 N–H and O–H groups in total. The van der Waals surface area contributed by atoms with Crippen LogP contribution in [-0.2, 0) is 4.79 Å². The molecule has 0 radical (unpaired) electrons. The van der Waals surface area contributed by atoms with E-state index in [0.29, 0.717) is 18.7 Å². The van der Waals surface area contributed by atoms with Crippen LogP contribution in [0.3, 0.4) is 0 Å². The molecular formula is C14H20BrN3O2. The van der Waals surface area contributed by atoms with E-state index in [4.69, 9.17) is 0 Å². The Morgan fingerprint density at radius 2 is 1.85 bits per heavy atom. The number of benzene rings is 1. The van der Waals surface area contributed by atoms with E-state index < -0.39 is 0 Å². The lowest BCUT2D eigenvalue weighted by molar-refractivity contribution is -0.121. The maximum absolute atomic E-state index is 11.8. The van der Waals surface area contributed by atoms with E-state index in [0.717, 1.165) is 4.47 Å². The molecular weight excluding hydrogens is 322 g/mol. The van der Waals surface area contributed by atoms with E-state index in [-0.39, 0.29) is 24.3 Å². The molecule has 20 heavy (non-hydrogen) atoms. The highest BCUT2D eigenvalue weighted by Crippen LogP contribution is 2.10. The smallest absolute Gasteiger partial charge is 0.251 e. The van der Waals surface area contributed by atoms with Crippen LogP contribution < -0.4 is 16.0 Å². The van der Waals surface area contributed by atoms with Crippen molar-refractivity contribution in [2.75, 3.05) is 20.1 Å². The van der Waals surface area contributed by atoms with Gasteiger partial charge in [0, 0.05) is 35.6 Å². The second kappa shape index (κ2) is 8.71. The molecule has 0 saturated carbocycles. The zero-order valence-electron chi connectivity index (χ0n) is 11.7. The van der Waals surface area contributed by atoms with Crippen molar-refractivity contribution in [2.24, 2.45) is 0 Å². The molecule has 0 aromatic heterocycles. The van der Waals surface area contributed by atoms with E-state index in [1.807, 2.05) is 14.0 Å². The Balaban J connectivity index is 2.25. The first-order valence-corrected chi connectivity index (χ1v) is 7.30. The number of nitrogens with one attached hydrogen (secondary N) is 3. The van der Waals surface area contributed by atoms with Gasteiger partial charge in [0.2, 0.25) is 5.91 Å². The lowest BCUT2D eigenvalue weighted by Crippen LogP contribution is -2.38. The molecule has 110 valence electrons. The van der Waals surface area contributed by atoms with Gasteiger partial charge >= 0.3 is 0 Å². The van der Waals surface area contributed by atoms with Crippen molar-refractivity contribution < 1.29 is 9.59 Å². The van der Waals surface area contributed by atoms with Crippen LogP contribution >= 0.6 is 15.9 Å². The summed E-state index contributed by atoms with van der Waals surface area (Å²) in [5, 5.41) is 8.55. The zero-order valence-corrected chi connectivity index (χ0v) is 13.3. The predicted octanol–water partition coefficient (Wildman–Crippen LogP) is 1.29. The lowest BCUT2D eigenvalue weighted by Gasteiger charge is -2.11. The zero-order chi connectivity index (χ0) is 15.0. The molecule has 0 saturated heterocycles. The molecule has 6 heteroatoms. The number of hydrogen-bond acceptors (Lipinski definition) is 3. The molecule has 0 aliphatic carbocycles. The normalized spacial score (nSPS) is 11.8. The number of rotatable bonds is 7. The first-order valence-electron chi connectivity index (χ1n) is 6.50. The number of hydrogen-bond donors (Lipinski definition) is 3. The van der Waals surface area contributed by atoms with Crippen LogP contribution in [0.15, 0.2) is 28.7 Å². The minimum atomic E-state index is -0.172. The van der Waals surface area contributed by atoms with E-state index in [9.17, 15) is 9.59 Å². The Bertz CT molecular complexity index is 448. The minimum Gasteiger partial charge on any atom is -0.354 e. The second-order valence-corrected chi connectivity index (χ2v) is 5.42. The molecule has 1 aromatic rings. The lowest BCUT2D eigenvalue weighted by atomic mass is 10.2. The Hall–Kier alpha value is -1.40. The van der Waals surface area contributed by atoms with Crippen molar-refractivity contribution in [3.63, 3.8) is 0 Å². The van der Waals surface area contributed by atoms with E-state index in [1.165, 1.54) is 0 Å². The highest BCUT2D eigenvalue weighted by molar-refractivity contribution is 9.10. The van der Waals surface area contributed by atoms with Gasteiger partial charge in [0.1, 0.15) is 0 Å². The minimum absolute atomic E-state index is 0.0665. The summed E-state index contributed by atoms with van der Waals surface area (Å²) in [6, 6.07) is 7.31. The summed E-state index contributed by atoms with van der Waals surface area (Å²) in [5.74, 6) is -0.239. The molecule has 0 aliphatic heterocycles. The van der Waals surface area contributed by atoms with E-state index >= 15 is 0 Å². The quantitative estimate of drug-likeness (QED) is 0.699. The summed E-state index contributed by atoms with van der Waals surface area (Å²) in [6.07, 6.45) is 0.276. The summed E-state index contributed by atoms with van der Waals surface area (Å²) < 4.78 is 0.923. The van der Waals surface area contributed by atoms with Crippen molar-refractivity contribution in [3.05, 3.63) is 34.3 Å². The Labute approximate surface area is 127 Å². The van der Waals surface area contributed by atoms with Gasteiger partial charge in [0.05, 0.1) is 0 Å². The van der Waals surface area contributed by atoms with Gasteiger partial charge in [-0.25, -0.2) is 0 Å². The Morgan fingerprint density at radius 1 is 1.20 bits per heavy atom. The van der Waals surface area contributed by atoms with Crippen molar-refractivity contribution in [3.8, 4) is 0 Å². The molecule has 0 aliphatic rings. The highest BCUT2D eigenvalue weighted by Gasteiger charge is 2.07. The fourth-order valence-electron chi connectivity index (χ4n) is 1.45. The molecule has 0 fully saturated rings. The standard InChI is InChI=1S/C14H20BrN3O2/c1-10(16-2)9-18-13(19)7-8-17-14(20)11-3-5-12(15)6-4-11/h3-6,10,16H,7-9H2,1-2H3,(H,17,20)(H,18,19). The van der Waals surface area contributed by atoms with Crippen molar-refractivity contribution in [2.45, 2.75) is 19.4 Å². The van der Waals surface area contributed by atoms with Crippen LogP contribution in [0.4, 0.5) is 0 Å². The third kappa shape index (κ3) is 6.16. The molecule has 1 rings (SSSR count). The summed E-state index contributed by atoms with van der Waals surface area (Å²) >= 11 is 3.31. The monoisotopic (exact) mass is 341 g/mol. The van der Waals surface area contributed by atoms with E-state index in [1.54, 1.807) is 24.3 Å². The van der Waals surface area contributed by atoms with Crippen LogP contribution in [0.1, 0.15) is 23.7 Å². The molecule has 5 nitrogen and oxygen atoms in total. The van der Waals surface area contributed by atoms with Gasteiger partial charge in [-0.2, -0.15) is 0 Å².